The van der Waals surface area contributed by atoms with Crippen LogP contribution in [0.15, 0.2) is 25.8 Å². The Morgan fingerprint density at radius 1 is 0.760 bits per heavy atom. The number of methoxy groups -OCH3 is 1. The smallest absolute Gasteiger partial charge is 0.0662 e. The van der Waals surface area contributed by atoms with Gasteiger partial charge in [0.1, 0.15) is 0 Å². The Morgan fingerprint density at radius 2 is 0.960 bits per heavy atom. The van der Waals surface area contributed by atoms with E-state index in [2.05, 4.69) is 38.3 Å². The van der Waals surface area contributed by atoms with Crippen LogP contribution in [0.2, 0.25) is 0 Å². The van der Waals surface area contributed by atoms with Crippen LogP contribution in [-0.2, 0) is 9.47 Å². The van der Waals surface area contributed by atoms with Gasteiger partial charge in [0.25, 0.3) is 0 Å². The molecule has 0 atom stereocenters. The van der Waals surface area contributed by atoms with Crippen molar-refractivity contribution in [2.75, 3.05) is 53.9 Å². The molecule has 0 fully saturated rings. The molecule has 0 spiro atoms. The van der Waals surface area contributed by atoms with Crippen molar-refractivity contribution in [1.29, 1.82) is 0 Å². The van der Waals surface area contributed by atoms with Gasteiger partial charge in [-0.3, -0.25) is 0 Å². The Morgan fingerprint density at radius 3 is 1.08 bits per heavy atom. The lowest BCUT2D eigenvalue weighted by atomic mass is 10.3. The minimum Gasteiger partial charge on any atom is -0.394 e. The Balaban J connectivity index is -0.0000000480. The molecule has 0 aliphatic carbocycles. The van der Waals surface area contributed by atoms with Crippen molar-refractivity contribution in [3.63, 3.8) is 0 Å². The van der Waals surface area contributed by atoms with E-state index >= 15 is 0 Å². The number of unbranched alkanes of at least 4 members (excludes halogenated alkanes) is 2. The average Bonchev–Trinajstić information content (AvgIpc) is 2.65. The summed E-state index contributed by atoms with van der Waals surface area (Å²) in [5.74, 6) is 0. The van der Waals surface area contributed by atoms with Crippen LogP contribution in [0.3, 0.4) is 0 Å². The highest BCUT2D eigenvalue weighted by Gasteiger charge is 1.84. The van der Waals surface area contributed by atoms with Crippen LogP contribution < -0.4 is 0 Å². The number of aliphatic hydroxyl groups excluding tert-OH is 4. The lowest BCUT2D eigenvalue weighted by molar-refractivity contribution is 0.128. The summed E-state index contributed by atoms with van der Waals surface area (Å²) < 4.78 is 9.56. The van der Waals surface area contributed by atoms with Gasteiger partial charge in [-0.25, -0.2) is 0 Å². The Bertz CT molecular complexity index is 132. The normalized spacial score (nSPS) is 7.40. The van der Waals surface area contributed by atoms with E-state index in [0.717, 1.165) is 13.2 Å². The third-order valence-electron chi connectivity index (χ3n) is 1.48. The van der Waals surface area contributed by atoms with E-state index in [4.69, 9.17) is 25.2 Å². The first-order chi connectivity index (χ1) is 12.1. The summed E-state index contributed by atoms with van der Waals surface area (Å²) >= 11 is 0. The number of rotatable bonds is 8. The van der Waals surface area contributed by atoms with Gasteiger partial charge in [0.15, 0.2) is 0 Å². The molecule has 0 aromatic heterocycles. The molecule has 0 unspecified atom stereocenters. The lowest BCUT2D eigenvalue weighted by Crippen LogP contribution is -1.95. The van der Waals surface area contributed by atoms with E-state index in [1.54, 1.807) is 20.3 Å². The summed E-state index contributed by atoms with van der Waals surface area (Å²) in [4.78, 5) is 0. The fourth-order valence-electron chi connectivity index (χ4n) is 0.595. The topological polar surface area (TPSA) is 99.4 Å². The second-order valence-electron chi connectivity index (χ2n) is 4.03. The van der Waals surface area contributed by atoms with E-state index < -0.39 is 0 Å². The number of allylic oxidation sites excluding steroid dienone is 1. The quantitative estimate of drug-likeness (QED) is 0.387. The number of aliphatic hydroxyl groups is 4. The molecule has 4 N–H and O–H groups in total. The zero-order chi connectivity index (χ0) is 21.2. The van der Waals surface area contributed by atoms with Crippen LogP contribution in [0, 0.1) is 0 Å². The van der Waals surface area contributed by atoms with Crippen molar-refractivity contribution in [1.82, 2.24) is 0 Å². The zero-order valence-electron chi connectivity index (χ0n) is 17.4. The van der Waals surface area contributed by atoms with Gasteiger partial charge in [-0.05, 0) is 19.8 Å². The van der Waals surface area contributed by atoms with Gasteiger partial charge >= 0.3 is 0 Å². The first-order valence-electron chi connectivity index (χ1n) is 8.56. The van der Waals surface area contributed by atoms with Crippen molar-refractivity contribution in [3.05, 3.63) is 25.8 Å². The van der Waals surface area contributed by atoms with Gasteiger partial charge in [0.05, 0.1) is 26.4 Å². The van der Waals surface area contributed by atoms with Crippen molar-refractivity contribution in [2.24, 2.45) is 0 Å². The maximum absolute atomic E-state index is 7.62. The third kappa shape index (κ3) is 200. The minimum atomic E-state index is -0.125. The number of hydrogen-bond acceptors (Lipinski definition) is 6. The summed E-state index contributed by atoms with van der Waals surface area (Å²) in [6, 6.07) is 0. The van der Waals surface area contributed by atoms with Gasteiger partial charge < -0.3 is 29.9 Å². The molecule has 0 aromatic rings. The average molecular weight is 371 g/mol. The molecule has 6 heteroatoms. The first kappa shape index (κ1) is 39.4. The molecule has 0 aliphatic heterocycles. The Labute approximate surface area is 156 Å². The summed E-state index contributed by atoms with van der Waals surface area (Å²) in [5.41, 5.74) is 0. The van der Waals surface area contributed by atoms with Crippen LogP contribution in [-0.4, -0.2) is 74.3 Å². The van der Waals surface area contributed by atoms with Crippen molar-refractivity contribution < 1.29 is 29.9 Å². The molecule has 0 amide bonds. The molecule has 0 aliphatic rings. The molecule has 25 heavy (non-hydrogen) atoms. The summed E-state index contributed by atoms with van der Waals surface area (Å²) in [5, 5.41) is 30.5. The van der Waals surface area contributed by atoms with Gasteiger partial charge in [-0.2, -0.15) is 0 Å². The van der Waals surface area contributed by atoms with Crippen LogP contribution in [0.25, 0.3) is 0 Å². The van der Waals surface area contributed by atoms with Crippen molar-refractivity contribution in [2.45, 2.75) is 46.5 Å². The Kier molecular flexibility index (Phi) is 121. The zero-order valence-corrected chi connectivity index (χ0v) is 17.4. The van der Waals surface area contributed by atoms with Gasteiger partial charge in [-0.1, -0.05) is 32.8 Å². The maximum Gasteiger partial charge on any atom is 0.0662 e. The second kappa shape index (κ2) is 76.7. The predicted octanol–water partition coefficient (Wildman–Crippen LogP) is 2.80. The molecule has 0 aromatic carbocycles. The second-order valence-corrected chi connectivity index (χ2v) is 4.03. The van der Waals surface area contributed by atoms with Gasteiger partial charge in [-0.15, -0.1) is 19.7 Å². The molecule has 0 rings (SSSR count). The fraction of sp³-hybridized carbons (Fsp3) is 0.789. The largest absolute Gasteiger partial charge is 0.394 e. The SMILES string of the molecule is C=C.C=CC.CCCCOCCCC.COC.OCCO.OCCO. The highest BCUT2D eigenvalue weighted by molar-refractivity contribution is 4.51. The van der Waals surface area contributed by atoms with Crippen LogP contribution in [0.4, 0.5) is 0 Å². The van der Waals surface area contributed by atoms with Gasteiger partial charge in [0.2, 0.25) is 0 Å². The fourth-order valence-corrected chi connectivity index (χ4v) is 0.595. The van der Waals surface area contributed by atoms with E-state index in [-0.39, 0.29) is 26.4 Å². The Hall–Kier alpha value is -0.760. The predicted molar refractivity (Wildman–Crippen MR) is 109 cm³/mol. The monoisotopic (exact) mass is 370 g/mol. The van der Waals surface area contributed by atoms with E-state index in [0.29, 0.717) is 0 Å². The minimum absolute atomic E-state index is 0.125. The third-order valence-corrected chi connectivity index (χ3v) is 1.48. The highest BCUT2D eigenvalue weighted by Crippen LogP contribution is 1.91. The maximum atomic E-state index is 7.62. The first-order valence-corrected chi connectivity index (χ1v) is 8.56. The van der Waals surface area contributed by atoms with Crippen LogP contribution in [0.1, 0.15) is 46.5 Å². The van der Waals surface area contributed by atoms with E-state index in [1.807, 2.05) is 6.92 Å². The van der Waals surface area contributed by atoms with Crippen molar-refractivity contribution in [3.8, 4) is 0 Å². The summed E-state index contributed by atoms with van der Waals surface area (Å²) in [6.45, 7) is 17.0. The molecular weight excluding hydrogens is 324 g/mol. The molecule has 0 heterocycles. The molecule has 0 saturated carbocycles. The van der Waals surface area contributed by atoms with Crippen LogP contribution >= 0.6 is 0 Å². The summed E-state index contributed by atoms with van der Waals surface area (Å²) in [6.07, 6.45) is 6.66. The summed E-state index contributed by atoms with van der Waals surface area (Å²) in [7, 11) is 3.25. The van der Waals surface area contributed by atoms with Crippen LogP contribution in [0.5, 0.6) is 0 Å². The van der Waals surface area contributed by atoms with Gasteiger partial charge in [0, 0.05) is 27.4 Å². The molecule has 6 nitrogen and oxygen atoms in total. The molecule has 158 valence electrons. The van der Waals surface area contributed by atoms with E-state index in [9.17, 15) is 0 Å². The lowest BCUT2D eigenvalue weighted by Gasteiger charge is -1.99. The standard InChI is InChI=1S/C8H18O.C3H6.2C2H6O2.C2H6O.C2H4/c1-3-5-7-9-8-6-4-2;1-3-2;2*3-1-2-4;1-3-2;1-2/h3-8H2,1-2H3;3H,1H2,2H3;2*3-4H,1-2H2;1-2H3;1-2H2. The molecule has 0 bridgehead atoms. The number of ether oxygens (including phenoxy) is 2. The van der Waals surface area contributed by atoms with Crippen molar-refractivity contribution >= 4 is 0 Å². The molecule has 0 radical (unpaired) electrons. The highest BCUT2D eigenvalue weighted by atomic mass is 16.5. The molecule has 0 saturated heterocycles. The number of hydrogen-bond donors (Lipinski definition) is 4. The van der Waals surface area contributed by atoms with E-state index in [1.165, 1.54) is 25.7 Å². The molecular formula is C19H46O6.